The molecule has 3 nitrogen and oxygen atoms in total. The van der Waals surface area contributed by atoms with Gasteiger partial charge in [-0.1, -0.05) is 60.5 Å². The van der Waals surface area contributed by atoms with Crippen LogP contribution in [0.5, 0.6) is 0 Å². The Balaban J connectivity index is 1.40. The fourth-order valence-corrected chi connectivity index (χ4v) is 3.11. The number of hydrogen-bond donors (Lipinski definition) is 2. The second-order valence-corrected chi connectivity index (χ2v) is 6.36. The maximum Gasteiger partial charge on any atom is 0.0260 e. The summed E-state index contributed by atoms with van der Waals surface area (Å²) in [6, 6.07) is 10.8. The highest BCUT2D eigenvalue weighted by atomic mass is 32.2. The number of hydrazine groups is 2. The Kier molecular flexibility index (Phi) is 6.98. The van der Waals surface area contributed by atoms with E-state index < -0.39 is 0 Å². The average Bonchev–Trinajstić information content (AvgIpc) is 2.88. The van der Waals surface area contributed by atoms with Gasteiger partial charge in [-0.15, -0.1) is 0 Å². The molecule has 0 radical (unpaired) electrons. The largest absolute Gasteiger partial charge is 0.302 e. The molecule has 0 saturated carbocycles. The van der Waals surface area contributed by atoms with E-state index in [4.69, 9.17) is 5.84 Å². The second kappa shape index (κ2) is 9.06. The molecule has 110 valence electrons. The van der Waals surface area contributed by atoms with E-state index in [2.05, 4.69) is 35.8 Å². The third-order valence-electron chi connectivity index (χ3n) is 3.55. The van der Waals surface area contributed by atoms with Crippen molar-refractivity contribution in [2.24, 2.45) is 5.84 Å². The van der Waals surface area contributed by atoms with Crippen molar-refractivity contribution in [2.45, 2.75) is 51.4 Å². The number of nitrogens with one attached hydrogen (secondary N) is 1. The van der Waals surface area contributed by atoms with Crippen molar-refractivity contribution in [2.75, 3.05) is 0 Å². The number of allylic oxidation sites excluding steroid dienone is 1. The van der Waals surface area contributed by atoms with Crippen molar-refractivity contribution in [1.82, 2.24) is 9.95 Å². The lowest BCUT2D eigenvalue weighted by molar-refractivity contribution is 0.440. The molecule has 1 aliphatic rings. The first-order chi connectivity index (χ1) is 9.84. The molecule has 1 heterocycles. The molecular weight excluding hydrogens is 266 g/mol. The third kappa shape index (κ3) is 5.99. The average molecular weight is 291 g/mol. The van der Waals surface area contributed by atoms with Crippen LogP contribution >= 0.6 is 11.9 Å². The van der Waals surface area contributed by atoms with Gasteiger partial charge in [0.25, 0.3) is 0 Å². The molecule has 1 aromatic carbocycles. The predicted molar refractivity (Wildman–Crippen MR) is 87.3 cm³/mol. The van der Waals surface area contributed by atoms with Crippen LogP contribution in [0, 0.1) is 0 Å². The Morgan fingerprint density at radius 2 is 1.55 bits per heavy atom. The van der Waals surface area contributed by atoms with E-state index >= 15 is 0 Å². The number of unbranched alkanes of at least 4 members (excludes halogenated alkanes) is 5. The summed E-state index contributed by atoms with van der Waals surface area (Å²) in [5, 5.41) is 0. The molecule has 0 fully saturated rings. The minimum absolute atomic E-state index is 1.15. The van der Waals surface area contributed by atoms with Crippen LogP contribution in [-0.4, -0.2) is 4.52 Å². The van der Waals surface area contributed by atoms with E-state index in [1.807, 2.05) is 6.20 Å². The van der Waals surface area contributed by atoms with Gasteiger partial charge in [0.2, 0.25) is 0 Å². The van der Waals surface area contributed by atoms with Crippen LogP contribution in [0.3, 0.4) is 0 Å². The summed E-state index contributed by atoms with van der Waals surface area (Å²) in [5.41, 5.74) is 4.43. The third-order valence-corrected chi connectivity index (χ3v) is 4.41. The van der Waals surface area contributed by atoms with Crippen LogP contribution in [-0.2, 0) is 6.42 Å². The first-order valence-corrected chi connectivity index (χ1v) is 8.34. The van der Waals surface area contributed by atoms with Gasteiger partial charge in [-0.25, -0.2) is 5.84 Å². The van der Waals surface area contributed by atoms with Crippen LogP contribution in [0.15, 0.2) is 41.4 Å². The van der Waals surface area contributed by atoms with Crippen molar-refractivity contribution in [3.05, 3.63) is 47.0 Å². The van der Waals surface area contributed by atoms with Crippen molar-refractivity contribution in [3.8, 4) is 0 Å². The number of hydrogen-bond acceptors (Lipinski definition) is 4. The second-order valence-electron chi connectivity index (χ2n) is 5.26. The van der Waals surface area contributed by atoms with Gasteiger partial charge in [0, 0.05) is 11.1 Å². The van der Waals surface area contributed by atoms with Crippen LogP contribution in [0.2, 0.25) is 0 Å². The van der Waals surface area contributed by atoms with Crippen molar-refractivity contribution in [3.63, 3.8) is 0 Å². The van der Waals surface area contributed by atoms with Gasteiger partial charge in [0.05, 0.1) is 0 Å². The van der Waals surface area contributed by atoms with E-state index in [0.29, 0.717) is 0 Å². The first-order valence-electron chi connectivity index (χ1n) is 7.56. The molecular formula is C16H25N3S. The number of nitrogens with two attached hydrogens (primary N) is 1. The zero-order valence-electron chi connectivity index (χ0n) is 12.1. The van der Waals surface area contributed by atoms with Gasteiger partial charge in [0.1, 0.15) is 0 Å². The van der Waals surface area contributed by atoms with E-state index in [1.54, 1.807) is 16.5 Å². The lowest BCUT2D eigenvalue weighted by Gasteiger charge is -2.05. The Bertz CT molecular complexity index is 405. The summed E-state index contributed by atoms with van der Waals surface area (Å²) in [6.07, 6.45) is 12.4. The Morgan fingerprint density at radius 3 is 2.20 bits per heavy atom. The SMILES string of the molecule is NN1NC=C(CCCCCCCCc2ccccc2)S1. The Morgan fingerprint density at radius 1 is 0.900 bits per heavy atom. The molecule has 0 aromatic heterocycles. The summed E-state index contributed by atoms with van der Waals surface area (Å²) >= 11 is 1.60. The fraction of sp³-hybridized carbons (Fsp3) is 0.500. The van der Waals surface area contributed by atoms with Gasteiger partial charge < -0.3 is 5.43 Å². The molecule has 0 atom stereocenters. The normalized spacial score (nSPS) is 15.2. The van der Waals surface area contributed by atoms with Crippen molar-refractivity contribution >= 4 is 11.9 Å². The predicted octanol–water partition coefficient (Wildman–Crippen LogP) is 4.14. The van der Waals surface area contributed by atoms with Gasteiger partial charge in [-0.3, -0.25) is 0 Å². The van der Waals surface area contributed by atoms with Crippen LogP contribution < -0.4 is 11.3 Å². The van der Waals surface area contributed by atoms with Crippen molar-refractivity contribution in [1.29, 1.82) is 0 Å². The molecule has 0 amide bonds. The van der Waals surface area contributed by atoms with Gasteiger partial charge in [0.15, 0.2) is 0 Å². The molecule has 4 heteroatoms. The van der Waals surface area contributed by atoms with Gasteiger partial charge in [-0.05, 0) is 43.2 Å². The standard InChI is InChI=1S/C16H25N3S/c17-19-18-14-16(20-19)13-9-4-2-1-3-6-10-15-11-7-5-8-12-15/h5,7-8,11-12,14,18H,1-4,6,9-10,13,17H2. The number of rotatable bonds is 9. The number of nitrogens with zero attached hydrogens (tertiary/aromatic N) is 1. The summed E-state index contributed by atoms with van der Waals surface area (Å²) in [7, 11) is 0. The maximum atomic E-state index is 5.59. The summed E-state index contributed by atoms with van der Waals surface area (Å²) in [6.45, 7) is 0. The lowest BCUT2D eigenvalue weighted by Crippen LogP contribution is -2.30. The summed E-state index contributed by atoms with van der Waals surface area (Å²) in [4.78, 5) is 1.34. The topological polar surface area (TPSA) is 41.3 Å². The molecule has 0 saturated heterocycles. The Hall–Kier alpha value is -0.970. The summed E-state index contributed by atoms with van der Waals surface area (Å²) in [5.74, 6) is 5.59. The quantitative estimate of drug-likeness (QED) is 0.407. The van der Waals surface area contributed by atoms with Crippen LogP contribution in [0.25, 0.3) is 0 Å². The minimum Gasteiger partial charge on any atom is -0.302 e. The zero-order chi connectivity index (χ0) is 14.0. The maximum absolute atomic E-state index is 5.59. The lowest BCUT2D eigenvalue weighted by atomic mass is 10.0. The highest BCUT2D eigenvalue weighted by molar-refractivity contribution is 8.00. The van der Waals surface area contributed by atoms with Gasteiger partial charge >= 0.3 is 0 Å². The molecule has 0 aliphatic carbocycles. The zero-order valence-corrected chi connectivity index (χ0v) is 12.9. The van der Waals surface area contributed by atoms with E-state index in [0.717, 1.165) is 6.42 Å². The molecule has 0 spiro atoms. The van der Waals surface area contributed by atoms with E-state index in [9.17, 15) is 0 Å². The number of benzene rings is 1. The number of aryl methyl sites for hydroxylation is 1. The molecule has 1 aromatic rings. The van der Waals surface area contributed by atoms with E-state index in [-0.39, 0.29) is 0 Å². The monoisotopic (exact) mass is 291 g/mol. The van der Waals surface area contributed by atoms with Crippen LogP contribution in [0.1, 0.15) is 50.5 Å². The first kappa shape index (κ1) is 15.4. The minimum atomic E-state index is 1.15. The van der Waals surface area contributed by atoms with E-state index in [1.165, 1.54) is 55.4 Å². The molecule has 0 unspecified atom stereocenters. The van der Waals surface area contributed by atoms with Gasteiger partial charge in [-0.2, -0.15) is 0 Å². The van der Waals surface area contributed by atoms with Crippen LogP contribution in [0.4, 0.5) is 0 Å². The molecule has 0 bridgehead atoms. The molecule has 20 heavy (non-hydrogen) atoms. The smallest absolute Gasteiger partial charge is 0.0260 e. The summed E-state index contributed by atoms with van der Waals surface area (Å²) < 4.78 is 1.55. The molecule has 1 aliphatic heterocycles. The fourth-order valence-electron chi connectivity index (χ4n) is 2.41. The highest BCUT2D eigenvalue weighted by Crippen LogP contribution is 2.26. The van der Waals surface area contributed by atoms with Crippen molar-refractivity contribution < 1.29 is 0 Å². The molecule has 3 N–H and O–H groups in total. The Labute approximate surface area is 126 Å². The highest BCUT2D eigenvalue weighted by Gasteiger charge is 2.09. The molecule has 2 rings (SSSR count).